The molecule has 1 fully saturated rings. The van der Waals surface area contributed by atoms with E-state index in [0.717, 1.165) is 19.3 Å². The Morgan fingerprint density at radius 1 is 1.19 bits per heavy atom. The number of aryl methyl sites for hydroxylation is 1. The van der Waals surface area contributed by atoms with Gasteiger partial charge in [-0.15, -0.1) is 0 Å². The van der Waals surface area contributed by atoms with Crippen LogP contribution in [0.15, 0.2) is 30.3 Å². The average Bonchev–Trinajstić information content (AvgIpc) is 2.56. The van der Waals surface area contributed by atoms with E-state index in [0.29, 0.717) is 17.6 Å². The summed E-state index contributed by atoms with van der Waals surface area (Å²) >= 11 is 0. The van der Waals surface area contributed by atoms with Gasteiger partial charge in [0, 0.05) is 11.8 Å². The van der Waals surface area contributed by atoms with Crippen LogP contribution in [0.1, 0.15) is 32.3 Å². The summed E-state index contributed by atoms with van der Waals surface area (Å²) in [5.74, 6) is 1.66. The van der Waals surface area contributed by atoms with Gasteiger partial charge in [-0.05, 0) is 30.7 Å². The van der Waals surface area contributed by atoms with E-state index >= 15 is 0 Å². The number of rotatable bonds is 3. The second kappa shape index (κ2) is 4.82. The van der Waals surface area contributed by atoms with Crippen molar-refractivity contribution in [1.82, 2.24) is 0 Å². The Morgan fingerprint density at radius 2 is 1.88 bits per heavy atom. The Labute approximate surface area is 97.9 Å². The molecule has 1 saturated carbocycles. The number of carbonyl (C=O) groups excluding carboxylic acids is 1. The second-order valence-corrected chi connectivity index (χ2v) is 5.13. The molecular weight excluding hydrogens is 196 g/mol. The zero-order valence-corrected chi connectivity index (χ0v) is 10.1. The maximum Gasteiger partial charge on any atom is 0.139 e. The standard InChI is InChI=1S/C15H20O/c1-11-10-14(15(16)12(11)2)9-8-13-6-4-3-5-7-13/h3-7,11-12,14H,8-10H2,1-2H3. The van der Waals surface area contributed by atoms with Gasteiger partial charge in [0.15, 0.2) is 0 Å². The predicted molar refractivity (Wildman–Crippen MR) is 66.2 cm³/mol. The minimum Gasteiger partial charge on any atom is -0.299 e. The van der Waals surface area contributed by atoms with Crippen molar-refractivity contribution >= 4 is 5.78 Å². The van der Waals surface area contributed by atoms with Crippen molar-refractivity contribution in [1.29, 1.82) is 0 Å². The second-order valence-electron chi connectivity index (χ2n) is 5.13. The maximum absolute atomic E-state index is 11.9. The molecule has 0 amide bonds. The molecule has 1 aliphatic rings. The lowest BCUT2D eigenvalue weighted by atomic mass is 9.96. The van der Waals surface area contributed by atoms with Gasteiger partial charge in [-0.3, -0.25) is 4.79 Å². The van der Waals surface area contributed by atoms with Crippen LogP contribution in [0, 0.1) is 17.8 Å². The molecule has 1 aromatic carbocycles. The normalized spacial score (nSPS) is 29.6. The number of Topliss-reactive ketones (excluding diaryl/α,β-unsaturated/α-hetero) is 1. The first kappa shape index (κ1) is 11.4. The largest absolute Gasteiger partial charge is 0.299 e. The number of hydrogen-bond donors (Lipinski definition) is 0. The van der Waals surface area contributed by atoms with E-state index in [9.17, 15) is 4.79 Å². The van der Waals surface area contributed by atoms with Gasteiger partial charge in [0.25, 0.3) is 0 Å². The lowest BCUT2D eigenvalue weighted by Crippen LogP contribution is -2.13. The van der Waals surface area contributed by atoms with Crippen LogP contribution in [-0.4, -0.2) is 5.78 Å². The minimum atomic E-state index is 0.278. The van der Waals surface area contributed by atoms with E-state index < -0.39 is 0 Å². The van der Waals surface area contributed by atoms with Crippen LogP contribution in [-0.2, 0) is 11.2 Å². The zero-order valence-electron chi connectivity index (χ0n) is 10.1. The van der Waals surface area contributed by atoms with Gasteiger partial charge in [0.05, 0.1) is 0 Å². The summed E-state index contributed by atoms with van der Waals surface area (Å²) in [4.78, 5) is 11.9. The Balaban J connectivity index is 1.90. The van der Waals surface area contributed by atoms with E-state index in [2.05, 4.69) is 38.1 Å². The Kier molecular flexibility index (Phi) is 3.42. The first-order valence-corrected chi connectivity index (χ1v) is 6.26. The lowest BCUT2D eigenvalue weighted by Gasteiger charge is -2.08. The van der Waals surface area contributed by atoms with Gasteiger partial charge in [0.1, 0.15) is 5.78 Å². The Bertz CT molecular complexity index is 355. The minimum absolute atomic E-state index is 0.278. The van der Waals surface area contributed by atoms with Gasteiger partial charge >= 0.3 is 0 Å². The van der Waals surface area contributed by atoms with Gasteiger partial charge in [0.2, 0.25) is 0 Å². The smallest absolute Gasteiger partial charge is 0.139 e. The molecule has 0 heterocycles. The highest BCUT2D eigenvalue weighted by Gasteiger charge is 2.35. The van der Waals surface area contributed by atoms with Crippen molar-refractivity contribution < 1.29 is 4.79 Å². The molecule has 1 nitrogen and oxygen atoms in total. The molecule has 0 aromatic heterocycles. The van der Waals surface area contributed by atoms with Crippen LogP contribution in [0.3, 0.4) is 0 Å². The maximum atomic E-state index is 11.9. The molecular formula is C15H20O. The van der Waals surface area contributed by atoms with Gasteiger partial charge in [-0.2, -0.15) is 0 Å². The van der Waals surface area contributed by atoms with Crippen LogP contribution in [0.5, 0.6) is 0 Å². The molecule has 0 radical (unpaired) electrons. The van der Waals surface area contributed by atoms with Crippen molar-refractivity contribution in [3.8, 4) is 0 Å². The molecule has 3 atom stereocenters. The summed E-state index contributed by atoms with van der Waals surface area (Å²) in [6.45, 7) is 4.28. The summed E-state index contributed by atoms with van der Waals surface area (Å²) in [5.41, 5.74) is 1.35. The van der Waals surface area contributed by atoms with Crippen molar-refractivity contribution in [2.75, 3.05) is 0 Å². The van der Waals surface area contributed by atoms with Crippen molar-refractivity contribution in [2.24, 2.45) is 17.8 Å². The molecule has 0 bridgehead atoms. The third kappa shape index (κ3) is 2.34. The first-order valence-electron chi connectivity index (χ1n) is 6.26. The van der Waals surface area contributed by atoms with E-state index in [1.165, 1.54) is 5.56 Å². The molecule has 0 spiro atoms. The van der Waals surface area contributed by atoms with Crippen LogP contribution in [0.4, 0.5) is 0 Å². The van der Waals surface area contributed by atoms with E-state index in [-0.39, 0.29) is 5.92 Å². The summed E-state index contributed by atoms with van der Waals surface area (Å²) in [6.07, 6.45) is 3.15. The molecule has 0 saturated heterocycles. The molecule has 1 aromatic rings. The zero-order chi connectivity index (χ0) is 11.5. The molecule has 3 unspecified atom stereocenters. The van der Waals surface area contributed by atoms with Gasteiger partial charge < -0.3 is 0 Å². The highest BCUT2D eigenvalue weighted by molar-refractivity contribution is 5.85. The molecule has 1 heteroatoms. The number of hydrogen-bond acceptors (Lipinski definition) is 1. The van der Waals surface area contributed by atoms with Crippen LogP contribution >= 0.6 is 0 Å². The fourth-order valence-corrected chi connectivity index (χ4v) is 2.67. The fraction of sp³-hybridized carbons (Fsp3) is 0.533. The highest BCUT2D eigenvalue weighted by Crippen LogP contribution is 2.35. The molecule has 0 N–H and O–H groups in total. The topological polar surface area (TPSA) is 17.1 Å². The van der Waals surface area contributed by atoms with E-state index in [4.69, 9.17) is 0 Å². The van der Waals surface area contributed by atoms with E-state index in [1.807, 2.05) is 6.07 Å². The third-order valence-corrected chi connectivity index (χ3v) is 3.99. The molecule has 0 aliphatic heterocycles. The molecule has 16 heavy (non-hydrogen) atoms. The molecule has 1 aliphatic carbocycles. The quantitative estimate of drug-likeness (QED) is 0.756. The van der Waals surface area contributed by atoms with Crippen molar-refractivity contribution in [3.05, 3.63) is 35.9 Å². The average molecular weight is 216 g/mol. The summed E-state index contributed by atoms with van der Waals surface area (Å²) in [7, 11) is 0. The van der Waals surface area contributed by atoms with Crippen molar-refractivity contribution in [3.63, 3.8) is 0 Å². The summed E-state index contributed by atoms with van der Waals surface area (Å²) in [5, 5.41) is 0. The molecule has 86 valence electrons. The number of carbonyl (C=O) groups is 1. The monoisotopic (exact) mass is 216 g/mol. The number of ketones is 1. The molecule has 2 rings (SSSR count). The van der Waals surface area contributed by atoms with Crippen molar-refractivity contribution in [2.45, 2.75) is 33.1 Å². The predicted octanol–water partition coefficient (Wildman–Crippen LogP) is 3.48. The van der Waals surface area contributed by atoms with Gasteiger partial charge in [-0.1, -0.05) is 44.2 Å². The lowest BCUT2D eigenvalue weighted by molar-refractivity contribution is -0.123. The Morgan fingerprint density at radius 3 is 2.44 bits per heavy atom. The Hall–Kier alpha value is -1.11. The highest BCUT2D eigenvalue weighted by atomic mass is 16.1. The third-order valence-electron chi connectivity index (χ3n) is 3.99. The van der Waals surface area contributed by atoms with E-state index in [1.54, 1.807) is 0 Å². The first-order chi connectivity index (χ1) is 7.68. The van der Waals surface area contributed by atoms with Crippen LogP contribution < -0.4 is 0 Å². The van der Waals surface area contributed by atoms with Crippen LogP contribution in [0.2, 0.25) is 0 Å². The summed E-state index contributed by atoms with van der Waals surface area (Å²) < 4.78 is 0. The number of benzene rings is 1. The SMILES string of the molecule is CC1CC(CCc2ccccc2)C(=O)C1C. The van der Waals surface area contributed by atoms with Crippen LogP contribution in [0.25, 0.3) is 0 Å². The van der Waals surface area contributed by atoms with Gasteiger partial charge in [-0.25, -0.2) is 0 Å². The fourth-order valence-electron chi connectivity index (χ4n) is 2.67. The summed E-state index contributed by atoms with van der Waals surface area (Å²) in [6, 6.07) is 10.5.